The van der Waals surface area contributed by atoms with Gasteiger partial charge < -0.3 is 5.73 Å². The zero-order valence-corrected chi connectivity index (χ0v) is 5.36. The number of aromatic nitrogens is 2. The predicted octanol–water partition coefficient (Wildman–Crippen LogP) is -1.15. The van der Waals surface area contributed by atoms with Gasteiger partial charge in [-0.05, 0) is 0 Å². The third-order valence-electron chi connectivity index (χ3n) is 0.794. The third-order valence-corrected chi connectivity index (χ3v) is 1.28. The first-order valence-corrected chi connectivity index (χ1v) is 2.70. The molecular formula is C4H4AlN3. The molecule has 0 aromatic carbocycles. The van der Waals surface area contributed by atoms with Crippen LogP contribution >= 0.6 is 0 Å². The Hall–Kier alpha value is -0.588. The molecule has 3 nitrogen and oxygen atoms in total. The lowest BCUT2D eigenvalue weighted by molar-refractivity contribution is 1.04. The fourth-order valence-corrected chi connectivity index (χ4v) is 0.481. The van der Waals surface area contributed by atoms with Crippen molar-refractivity contribution in [3.05, 3.63) is 12.4 Å². The number of nitrogens with zero attached hydrogens (tertiary/aromatic N) is 2. The van der Waals surface area contributed by atoms with Gasteiger partial charge in [-0.15, -0.1) is 0 Å². The van der Waals surface area contributed by atoms with E-state index in [2.05, 4.69) is 26.5 Å². The molecule has 0 amide bonds. The fourth-order valence-electron chi connectivity index (χ4n) is 0.340. The van der Waals surface area contributed by atoms with E-state index in [1.165, 1.54) is 6.20 Å². The van der Waals surface area contributed by atoms with Gasteiger partial charge in [0.05, 0.1) is 6.20 Å². The summed E-state index contributed by atoms with van der Waals surface area (Å²) >= 11 is 2.46. The van der Waals surface area contributed by atoms with Crippen LogP contribution in [0.25, 0.3) is 0 Å². The summed E-state index contributed by atoms with van der Waals surface area (Å²) in [5, 5.41) is 7.15. The van der Waals surface area contributed by atoms with E-state index in [-0.39, 0.29) is 0 Å². The van der Waals surface area contributed by atoms with Crippen LogP contribution in [-0.2, 0) is 0 Å². The van der Waals surface area contributed by atoms with Crippen LogP contribution in [0.5, 0.6) is 0 Å². The Morgan fingerprint density at radius 2 is 2.00 bits per heavy atom. The van der Waals surface area contributed by atoms with E-state index >= 15 is 0 Å². The molecule has 2 radical (unpaired) electrons. The highest BCUT2D eigenvalue weighted by molar-refractivity contribution is 6.35. The zero-order chi connectivity index (χ0) is 5.98. The Balaban J connectivity index is 3.13. The van der Waals surface area contributed by atoms with E-state index in [1.807, 2.05) is 0 Å². The van der Waals surface area contributed by atoms with Crippen molar-refractivity contribution in [1.82, 2.24) is 10.2 Å². The van der Waals surface area contributed by atoms with Gasteiger partial charge >= 0.3 is 0 Å². The maximum absolute atomic E-state index is 5.40. The van der Waals surface area contributed by atoms with Crippen LogP contribution in [-0.4, -0.2) is 26.5 Å². The molecular weight excluding hydrogens is 117 g/mol. The smallest absolute Gasteiger partial charge is 0.181 e. The molecule has 0 aliphatic rings. The Kier molecular flexibility index (Phi) is 1.47. The second kappa shape index (κ2) is 2.12. The van der Waals surface area contributed by atoms with Gasteiger partial charge in [0.25, 0.3) is 0 Å². The maximum atomic E-state index is 5.40. The van der Waals surface area contributed by atoms with Crippen LogP contribution in [0.3, 0.4) is 0 Å². The summed E-state index contributed by atoms with van der Waals surface area (Å²) in [6, 6.07) is 0. The molecule has 1 heterocycles. The monoisotopic (exact) mass is 121 g/mol. The molecule has 1 rings (SSSR count). The van der Waals surface area contributed by atoms with Gasteiger partial charge in [0, 0.05) is 11.9 Å². The lowest BCUT2D eigenvalue weighted by Gasteiger charge is -1.93. The van der Waals surface area contributed by atoms with Gasteiger partial charge in [-0.1, -0.05) is 4.43 Å². The van der Waals surface area contributed by atoms with E-state index < -0.39 is 0 Å². The van der Waals surface area contributed by atoms with Gasteiger partial charge in [0.1, 0.15) is 0 Å². The second-order valence-electron chi connectivity index (χ2n) is 1.40. The molecule has 0 bridgehead atoms. The summed E-state index contributed by atoms with van der Waals surface area (Å²) in [5.74, 6) is 0. The number of nitrogen functional groups attached to an aromatic ring is 1. The number of nitrogens with two attached hydrogens (primary N) is 1. The predicted molar refractivity (Wildman–Crippen MR) is 31.8 cm³/mol. The Labute approximate surface area is 55.3 Å². The van der Waals surface area contributed by atoms with Crippen molar-refractivity contribution in [2.45, 2.75) is 0 Å². The molecule has 38 valence electrons. The molecule has 0 aliphatic heterocycles. The Morgan fingerprint density at radius 1 is 1.38 bits per heavy atom. The lowest BCUT2D eigenvalue weighted by atomic mass is 10.5. The van der Waals surface area contributed by atoms with Crippen molar-refractivity contribution in [3.63, 3.8) is 0 Å². The molecule has 8 heavy (non-hydrogen) atoms. The quantitative estimate of drug-likeness (QED) is 0.441. The van der Waals surface area contributed by atoms with Crippen LogP contribution in [0, 0.1) is 0 Å². The summed E-state index contributed by atoms with van der Waals surface area (Å²) < 4.78 is 0.889. The SMILES string of the molecule is Nc1cnnc[c]1[Al]. The Bertz CT molecular complexity index is 167. The summed E-state index contributed by atoms with van der Waals surface area (Å²) in [7, 11) is 0. The van der Waals surface area contributed by atoms with Crippen LogP contribution in [0.15, 0.2) is 12.4 Å². The standard InChI is InChI=1S/C4H4N3.Al/c5-4-1-2-6-7-3-4;/h2-3H,(H2,5,6);. The highest BCUT2D eigenvalue weighted by Gasteiger charge is 1.85. The minimum Gasteiger partial charge on any atom is -0.398 e. The fraction of sp³-hybridized carbons (Fsp3) is 0. The lowest BCUT2D eigenvalue weighted by Crippen LogP contribution is -2.10. The first-order chi connectivity index (χ1) is 3.80. The zero-order valence-electron chi connectivity index (χ0n) is 4.20. The van der Waals surface area contributed by atoms with Crippen LogP contribution < -0.4 is 10.2 Å². The molecule has 0 saturated heterocycles. The van der Waals surface area contributed by atoms with E-state index in [1.54, 1.807) is 6.20 Å². The van der Waals surface area contributed by atoms with Gasteiger partial charge in [-0.3, -0.25) is 0 Å². The first-order valence-electron chi connectivity index (χ1n) is 2.12. The first kappa shape index (κ1) is 5.55. The number of anilines is 1. The summed E-state index contributed by atoms with van der Waals surface area (Å²) in [6.45, 7) is 0. The molecule has 0 atom stereocenters. The van der Waals surface area contributed by atoms with Gasteiger partial charge in [-0.25, -0.2) is 0 Å². The van der Waals surface area contributed by atoms with E-state index in [0.29, 0.717) is 5.69 Å². The van der Waals surface area contributed by atoms with Crippen molar-refractivity contribution in [2.24, 2.45) is 0 Å². The van der Waals surface area contributed by atoms with E-state index in [0.717, 1.165) is 4.43 Å². The molecule has 2 N–H and O–H groups in total. The van der Waals surface area contributed by atoms with Crippen LogP contribution in [0.4, 0.5) is 5.69 Å². The van der Waals surface area contributed by atoms with E-state index in [4.69, 9.17) is 5.73 Å². The largest absolute Gasteiger partial charge is 0.398 e. The molecule has 0 fully saturated rings. The maximum Gasteiger partial charge on any atom is 0.181 e. The molecule has 0 spiro atoms. The minimum absolute atomic E-state index is 0.657. The average molecular weight is 121 g/mol. The van der Waals surface area contributed by atoms with Crippen molar-refractivity contribution >= 4 is 26.4 Å². The topological polar surface area (TPSA) is 51.8 Å². The minimum atomic E-state index is 0.657. The van der Waals surface area contributed by atoms with Crippen molar-refractivity contribution in [3.8, 4) is 0 Å². The molecule has 0 saturated carbocycles. The number of hydrogen-bond donors (Lipinski definition) is 1. The van der Waals surface area contributed by atoms with Gasteiger partial charge in [0.2, 0.25) is 0 Å². The van der Waals surface area contributed by atoms with Crippen LogP contribution in [0.2, 0.25) is 0 Å². The molecule has 1 aromatic rings. The number of hydrogen-bond acceptors (Lipinski definition) is 3. The highest BCUT2D eigenvalue weighted by atomic mass is 27.0. The molecule has 4 heteroatoms. The van der Waals surface area contributed by atoms with Gasteiger partial charge in [-0.2, -0.15) is 10.2 Å². The van der Waals surface area contributed by atoms with Crippen molar-refractivity contribution in [2.75, 3.05) is 5.73 Å². The van der Waals surface area contributed by atoms with Gasteiger partial charge in [0.15, 0.2) is 16.3 Å². The highest BCUT2D eigenvalue weighted by Crippen LogP contribution is 1.85. The van der Waals surface area contributed by atoms with Crippen LogP contribution in [0.1, 0.15) is 0 Å². The molecule has 0 unspecified atom stereocenters. The Morgan fingerprint density at radius 3 is 2.38 bits per heavy atom. The second-order valence-corrected chi connectivity index (χ2v) is 2.02. The summed E-state index contributed by atoms with van der Waals surface area (Å²) in [4.78, 5) is 0. The summed E-state index contributed by atoms with van der Waals surface area (Å²) in [5.41, 5.74) is 6.05. The van der Waals surface area contributed by atoms with Crippen molar-refractivity contribution in [1.29, 1.82) is 0 Å². The van der Waals surface area contributed by atoms with E-state index in [9.17, 15) is 0 Å². The normalized spacial score (nSPS) is 9.00. The summed E-state index contributed by atoms with van der Waals surface area (Å²) in [6.07, 6.45) is 3.11. The number of rotatable bonds is 0. The average Bonchev–Trinajstić information content (AvgIpc) is 1.77. The third kappa shape index (κ3) is 0.972. The van der Waals surface area contributed by atoms with Crippen molar-refractivity contribution < 1.29 is 0 Å². The molecule has 1 aromatic heterocycles. The molecule has 0 aliphatic carbocycles.